The van der Waals surface area contributed by atoms with Crippen LogP contribution in [-0.4, -0.2) is 74.8 Å². The van der Waals surface area contributed by atoms with E-state index in [0.29, 0.717) is 63.5 Å². The Hall–Kier alpha value is -0.220. The number of nitrogens with two attached hydrogens (primary N) is 1. The second-order valence-corrected chi connectivity index (χ2v) is 13.4. The lowest BCUT2D eigenvalue weighted by Gasteiger charge is -2.24. The normalized spacial score (nSPS) is 30.5. The standard InChI is InChI=1S/C17H26N5O6PS4/c1-8-20-15(18)11-16(21-8)22(7-19-11)12-10-4-17(10,14(24)13(12)23)6-29(25)28-9(5-31-33-27)2-3-30-32-26/h7,9-10,12-14,23-24,26-27,29H,2-6H2,1H3,(H2,18,20,21)/t9?,10-,12-,13+,14+,17-/m1/s1. The van der Waals surface area contributed by atoms with E-state index in [9.17, 15) is 14.8 Å². The molecule has 4 rings (SSSR count). The fourth-order valence-electron chi connectivity index (χ4n) is 4.85. The van der Waals surface area contributed by atoms with Crippen LogP contribution in [0.2, 0.25) is 0 Å². The number of anilines is 1. The Morgan fingerprint density at radius 3 is 2.82 bits per heavy atom. The van der Waals surface area contributed by atoms with Gasteiger partial charge in [0, 0.05) is 23.1 Å². The zero-order valence-electron chi connectivity index (χ0n) is 17.6. The number of hydrogen-bond acceptors (Lipinski definition) is 14. The molecule has 33 heavy (non-hydrogen) atoms. The molecule has 2 aliphatic carbocycles. The number of nitrogens with zero attached hydrogens (tertiary/aromatic N) is 4. The Bertz CT molecular complexity index is 1020. The van der Waals surface area contributed by atoms with Crippen LogP contribution in [0.25, 0.3) is 11.2 Å². The Labute approximate surface area is 207 Å². The third-order valence-corrected chi connectivity index (χ3v) is 10.6. The van der Waals surface area contributed by atoms with E-state index in [1.165, 1.54) is 21.6 Å². The fourth-order valence-corrected chi connectivity index (χ4v) is 8.81. The molecule has 0 amide bonds. The number of aliphatic hydroxyl groups is 2. The molecular formula is C17H26N5O6PS4. The molecule has 0 spiro atoms. The van der Waals surface area contributed by atoms with Gasteiger partial charge < -0.3 is 34.1 Å². The summed E-state index contributed by atoms with van der Waals surface area (Å²) in [6.07, 6.45) is 0.419. The smallest absolute Gasteiger partial charge is 0.192 e. The van der Waals surface area contributed by atoms with Crippen molar-refractivity contribution in [1.82, 2.24) is 19.5 Å². The van der Waals surface area contributed by atoms with Crippen molar-refractivity contribution >= 4 is 68.7 Å². The number of nitrogen functional groups attached to an aromatic ring is 1. The summed E-state index contributed by atoms with van der Waals surface area (Å²) in [5.41, 5.74) is 6.22. The molecule has 0 saturated heterocycles. The van der Waals surface area contributed by atoms with Crippen molar-refractivity contribution in [3.8, 4) is 0 Å². The van der Waals surface area contributed by atoms with E-state index in [0.717, 1.165) is 0 Å². The number of hydrogen-bond donors (Lipinski definition) is 5. The first-order valence-electron chi connectivity index (χ1n) is 10.2. The molecule has 2 aromatic heterocycles. The molecule has 2 aliphatic rings. The lowest BCUT2D eigenvalue weighted by molar-refractivity contribution is -0.0133. The highest BCUT2D eigenvalue weighted by molar-refractivity contribution is 8.74. The average molecular weight is 556 g/mol. The van der Waals surface area contributed by atoms with Crippen LogP contribution in [0.4, 0.5) is 5.82 Å². The van der Waals surface area contributed by atoms with E-state index in [2.05, 4.69) is 15.0 Å². The predicted octanol–water partition coefficient (Wildman–Crippen LogP) is 2.96. The summed E-state index contributed by atoms with van der Waals surface area (Å²) in [6.45, 7) is 1.72. The van der Waals surface area contributed by atoms with Gasteiger partial charge in [0.05, 0.1) is 46.7 Å². The molecule has 184 valence electrons. The van der Waals surface area contributed by atoms with Gasteiger partial charge in [0.25, 0.3) is 0 Å². The molecule has 0 aliphatic heterocycles. The second kappa shape index (κ2) is 10.8. The molecule has 0 aromatic carbocycles. The van der Waals surface area contributed by atoms with E-state index in [4.69, 9.17) is 19.4 Å². The first-order valence-corrected chi connectivity index (χ1v) is 16.3. The average Bonchev–Trinajstić information content (AvgIpc) is 3.24. The predicted molar refractivity (Wildman–Crippen MR) is 135 cm³/mol. The third-order valence-electron chi connectivity index (χ3n) is 6.39. The molecule has 2 heterocycles. The van der Waals surface area contributed by atoms with E-state index < -0.39 is 31.7 Å². The van der Waals surface area contributed by atoms with Crippen molar-refractivity contribution in [2.45, 2.75) is 44.1 Å². The molecule has 2 unspecified atom stereocenters. The summed E-state index contributed by atoms with van der Waals surface area (Å²) in [5, 5.41) is 21.8. The first-order chi connectivity index (χ1) is 15.8. The number of aromatic nitrogens is 4. The van der Waals surface area contributed by atoms with Crippen LogP contribution < -0.4 is 5.73 Å². The van der Waals surface area contributed by atoms with Gasteiger partial charge in [0.2, 0.25) is 0 Å². The van der Waals surface area contributed by atoms with Crippen LogP contribution in [0.3, 0.4) is 0 Å². The molecule has 0 bridgehead atoms. The van der Waals surface area contributed by atoms with Crippen molar-refractivity contribution in [3.63, 3.8) is 0 Å². The first kappa shape index (κ1) is 25.9. The number of aliphatic hydroxyl groups excluding tert-OH is 2. The van der Waals surface area contributed by atoms with Crippen molar-refractivity contribution in [1.29, 1.82) is 0 Å². The van der Waals surface area contributed by atoms with E-state index >= 15 is 0 Å². The van der Waals surface area contributed by atoms with Crippen LogP contribution in [0.5, 0.6) is 0 Å². The van der Waals surface area contributed by atoms with E-state index in [-0.39, 0.29) is 24.0 Å². The lowest BCUT2D eigenvalue weighted by Crippen LogP contribution is -2.35. The second-order valence-electron chi connectivity index (χ2n) is 8.28. The number of imidazole rings is 1. The Kier molecular flexibility index (Phi) is 8.47. The maximum atomic E-state index is 13.0. The van der Waals surface area contributed by atoms with Gasteiger partial charge in [-0.2, -0.15) is 0 Å². The molecule has 7 atom stereocenters. The van der Waals surface area contributed by atoms with Gasteiger partial charge in [-0.05, 0) is 25.7 Å². The molecule has 2 saturated carbocycles. The molecule has 16 heteroatoms. The quantitative estimate of drug-likeness (QED) is 0.112. The van der Waals surface area contributed by atoms with Crippen molar-refractivity contribution < 1.29 is 28.4 Å². The van der Waals surface area contributed by atoms with Gasteiger partial charge >= 0.3 is 0 Å². The van der Waals surface area contributed by atoms with Crippen LogP contribution in [0, 0.1) is 18.3 Å². The molecule has 11 nitrogen and oxygen atoms in total. The molecule has 2 fully saturated rings. The zero-order chi connectivity index (χ0) is 23.8. The highest BCUT2D eigenvalue weighted by Gasteiger charge is 2.71. The summed E-state index contributed by atoms with van der Waals surface area (Å²) >= 11 is 1.29. The van der Waals surface area contributed by atoms with Crippen LogP contribution >= 0.6 is 51.8 Å². The summed E-state index contributed by atoms with van der Waals surface area (Å²) < 4.78 is 38.4. The summed E-state index contributed by atoms with van der Waals surface area (Å²) in [6, 6.07) is -0.469. The molecule has 0 radical (unpaired) electrons. The van der Waals surface area contributed by atoms with Gasteiger partial charge in [0.15, 0.2) is 19.5 Å². The maximum Gasteiger partial charge on any atom is 0.192 e. The summed E-state index contributed by atoms with van der Waals surface area (Å²) in [7, 11) is -0.0737. The Balaban J connectivity index is 1.48. The molecule has 2 aromatic rings. The Morgan fingerprint density at radius 1 is 1.33 bits per heavy atom. The highest BCUT2D eigenvalue weighted by atomic mass is 33.1. The fraction of sp³-hybridized carbons (Fsp3) is 0.706. The van der Waals surface area contributed by atoms with Gasteiger partial charge in [-0.1, -0.05) is 21.6 Å². The summed E-state index contributed by atoms with van der Waals surface area (Å²) in [5.74, 6) is 1.69. The largest absolute Gasteiger partial charge is 0.390 e. The minimum absolute atomic E-state index is 0.101. The van der Waals surface area contributed by atoms with E-state index in [1.54, 1.807) is 17.8 Å². The SMILES string of the molecule is Cc1nc(N)c2ncn([C@H]3[C@H](O)[C@H](O)[C@@]4(C[PH](=O)OC(CCSSO)CSSO)C[C@H]34)c2n1. The minimum atomic E-state index is -2.53. The van der Waals surface area contributed by atoms with Gasteiger partial charge in [-0.25, -0.2) is 15.0 Å². The lowest BCUT2D eigenvalue weighted by atomic mass is 10.0. The minimum Gasteiger partial charge on any atom is -0.390 e. The number of aryl methyl sites for hydroxylation is 1. The Morgan fingerprint density at radius 2 is 2.09 bits per heavy atom. The molecule has 6 N–H and O–H groups in total. The van der Waals surface area contributed by atoms with E-state index in [1.807, 2.05) is 0 Å². The van der Waals surface area contributed by atoms with Gasteiger partial charge in [-0.15, -0.1) is 0 Å². The zero-order valence-corrected chi connectivity index (χ0v) is 21.9. The van der Waals surface area contributed by atoms with Gasteiger partial charge in [0.1, 0.15) is 17.4 Å². The van der Waals surface area contributed by atoms with Crippen LogP contribution in [0.1, 0.15) is 24.7 Å². The highest BCUT2D eigenvalue weighted by Crippen LogP contribution is 2.70. The number of fused-ring (bicyclic) bond motifs is 2. The summed E-state index contributed by atoms with van der Waals surface area (Å²) in [4.78, 5) is 12.9. The van der Waals surface area contributed by atoms with Crippen molar-refractivity contribution in [2.24, 2.45) is 11.3 Å². The third kappa shape index (κ3) is 5.18. The van der Waals surface area contributed by atoms with Gasteiger partial charge in [-0.3, -0.25) is 4.57 Å². The topological polar surface area (TPSA) is 177 Å². The monoisotopic (exact) mass is 555 g/mol. The van der Waals surface area contributed by atoms with Crippen molar-refractivity contribution in [3.05, 3.63) is 12.2 Å². The van der Waals surface area contributed by atoms with Crippen molar-refractivity contribution in [2.75, 3.05) is 23.4 Å². The number of rotatable bonds is 12. The molecular weight excluding hydrogens is 529 g/mol. The maximum absolute atomic E-state index is 13.0. The van der Waals surface area contributed by atoms with Crippen LogP contribution in [-0.2, 0) is 9.09 Å². The van der Waals surface area contributed by atoms with Crippen LogP contribution in [0.15, 0.2) is 6.33 Å².